The highest BCUT2D eigenvalue weighted by molar-refractivity contribution is 9.11. The summed E-state index contributed by atoms with van der Waals surface area (Å²) in [6, 6.07) is 6.71. The SMILES string of the molecule is O=C1CCN([C@@H]2CCCC[C@H]2OCCc2ccc(Br)cc2Br)C1. The van der Waals surface area contributed by atoms with Crippen molar-refractivity contribution in [2.45, 2.75) is 50.7 Å². The van der Waals surface area contributed by atoms with Crippen molar-refractivity contribution in [3.63, 3.8) is 0 Å². The maximum absolute atomic E-state index is 11.6. The summed E-state index contributed by atoms with van der Waals surface area (Å²) in [5, 5.41) is 0. The average molecular weight is 445 g/mol. The molecule has 2 atom stereocenters. The Kier molecular flexibility index (Phi) is 6.30. The summed E-state index contributed by atoms with van der Waals surface area (Å²) >= 11 is 7.10. The van der Waals surface area contributed by atoms with Crippen LogP contribution in [0.4, 0.5) is 0 Å². The van der Waals surface area contributed by atoms with Crippen molar-refractivity contribution in [2.24, 2.45) is 0 Å². The molecule has 1 aliphatic heterocycles. The quantitative estimate of drug-likeness (QED) is 0.675. The third kappa shape index (κ3) is 4.65. The van der Waals surface area contributed by atoms with Gasteiger partial charge in [-0.2, -0.15) is 0 Å². The molecule has 1 aliphatic carbocycles. The van der Waals surface area contributed by atoms with Gasteiger partial charge in [0.25, 0.3) is 0 Å². The second-order valence-electron chi connectivity index (χ2n) is 6.51. The van der Waals surface area contributed by atoms with Gasteiger partial charge in [-0.05, 0) is 37.0 Å². The van der Waals surface area contributed by atoms with E-state index in [2.05, 4.69) is 55.0 Å². The van der Waals surface area contributed by atoms with Crippen LogP contribution in [0.2, 0.25) is 0 Å². The average Bonchev–Trinajstić information content (AvgIpc) is 2.96. The first-order valence-corrected chi connectivity index (χ1v) is 10.0. The summed E-state index contributed by atoms with van der Waals surface area (Å²) < 4.78 is 8.46. The smallest absolute Gasteiger partial charge is 0.148 e. The van der Waals surface area contributed by atoms with E-state index in [0.717, 1.165) is 41.4 Å². The van der Waals surface area contributed by atoms with Crippen LogP contribution in [0.25, 0.3) is 0 Å². The molecule has 1 saturated heterocycles. The van der Waals surface area contributed by atoms with Crippen LogP contribution < -0.4 is 0 Å². The molecule has 5 heteroatoms. The molecule has 0 N–H and O–H groups in total. The van der Waals surface area contributed by atoms with E-state index in [9.17, 15) is 4.79 Å². The maximum Gasteiger partial charge on any atom is 0.148 e. The van der Waals surface area contributed by atoms with Crippen LogP contribution in [0.15, 0.2) is 27.1 Å². The fourth-order valence-electron chi connectivity index (χ4n) is 3.67. The number of carbonyl (C=O) groups excluding carboxylic acids is 1. The summed E-state index contributed by atoms with van der Waals surface area (Å²) in [6.07, 6.45) is 6.70. The summed E-state index contributed by atoms with van der Waals surface area (Å²) in [6.45, 7) is 2.29. The van der Waals surface area contributed by atoms with Crippen molar-refractivity contribution < 1.29 is 9.53 Å². The molecule has 0 bridgehead atoms. The molecule has 0 unspecified atom stereocenters. The Hall–Kier alpha value is -0.230. The molecular formula is C18H23Br2NO2. The van der Waals surface area contributed by atoms with Crippen LogP contribution in [-0.2, 0) is 16.0 Å². The summed E-state index contributed by atoms with van der Waals surface area (Å²) in [4.78, 5) is 13.9. The molecule has 3 rings (SSSR count). The van der Waals surface area contributed by atoms with E-state index in [1.807, 2.05) is 0 Å². The third-order valence-electron chi connectivity index (χ3n) is 4.91. The number of hydrogen-bond donors (Lipinski definition) is 0. The Labute approximate surface area is 155 Å². The standard InChI is InChI=1S/C18H23Br2NO2/c19-14-6-5-13(16(20)11-14)8-10-23-18-4-2-1-3-17(18)21-9-7-15(22)12-21/h5-6,11,17-18H,1-4,7-10,12H2/t17-,18-/m1/s1. The molecule has 1 saturated carbocycles. The van der Waals surface area contributed by atoms with Gasteiger partial charge in [0.15, 0.2) is 0 Å². The second-order valence-corrected chi connectivity index (χ2v) is 8.28. The molecule has 0 radical (unpaired) electrons. The van der Waals surface area contributed by atoms with E-state index < -0.39 is 0 Å². The number of rotatable bonds is 5. The van der Waals surface area contributed by atoms with Crippen LogP contribution in [0.3, 0.4) is 0 Å². The van der Waals surface area contributed by atoms with E-state index in [-0.39, 0.29) is 6.10 Å². The number of benzene rings is 1. The molecule has 0 aromatic heterocycles. The fraction of sp³-hybridized carbons (Fsp3) is 0.611. The van der Waals surface area contributed by atoms with Crippen LogP contribution in [-0.4, -0.2) is 42.5 Å². The predicted octanol–water partition coefficient (Wildman–Crippen LogP) is 4.36. The number of halogens is 2. The van der Waals surface area contributed by atoms with Crippen LogP contribution in [0, 0.1) is 0 Å². The largest absolute Gasteiger partial charge is 0.376 e. The van der Waals surface area contributed by atoms with Crippen molar-refractivity contribution in [3.8, 4) is 0 Å². The maximum atomic E-state index is 11.6. The third-order valence-corrected chi connectivity index (χ3v) is 6.14. The molecule has 2 aliphatic rings. The van der Waals surface area contributed by atoms with E-state index in [1.165, 1.54) is 24.8 Å². The van der Waals surface area contributed by atoms with E-state index in [0.29, 0.717) is 18.4 Å². The Bertz CT molecular complexity index is 564. The van der Waals surface area contributed by atoms with Gasteiger partial charge in [-0.1, -0.05) is 50.8 Å². The lowest BCUT2D eigenvalue weighted by Crippen LogP contribution is -2.45. The second kappa shape index (κ2) is 8.24. The Morgan fingerprint density at radius 3 is 2.78 bits per heavy atom. The minimum Gasteiger partial charge on any atom is -0.376 e. The summed E-state index contributed by atoms with van der Waals surface area (Å²) in [7, 11) is 0. The van der Waals surface area contributed by atoms with Crippen molar-refractivity contribution >= 4 is 37.6 Å². The molecular weight excluding hydrogens is 422 g/mol. The number of hydrogen-bond acceptors (Lipinski definition) is 3. The molecule has 3 nitrogen and oxygen atoms in total. The van der Waals surface area contributed by atoms with Gasteiger partial charge in [-0.25, -0.2) is 0 Å². The minimum absolute atomic E-state index is 0.281. The van der Waals surface area contributed by atoms with Crippen LogP contribution in [0.1, 0.15) is 37.7 Å². The lowest BCUT2D eigenvalue weighted by Gasteiger charge is -2.37. The van der Waals surface area contributed by atoms with E-state index in [4.69, 9.17) is 4.74 Å². The van der Waals surface area contributed by atoms with Gasteiger partial charge in [0.1, 0.15) is 5.78 Å². The number of nitrogens with zero attached hydrogens (tertiary/aromatic N) is 1. The number of ketones is 1. The van der Waals surface area contributed by atoms with Gasteiger partial charge in [-0.3, -0.25) is 9.69 Å². The van der Waals surface area contributed by atoms with Crippen LogP contribution in [0.5, 0.6) is 0 Å². The van der Waals surface area contributed by atoms with Gasteiger partial charge >= 0.3 is 0 Å². The van der Waals surface area contributed by atoms with Gasteiger partial charge in [0.2, 0.25) is 0 Å². The predicted molar refractivity (Wildman–Crippen MR) is 98.7 cm³/mol. The first-order valence-electron chi connectivity index (χ1n) is 8.45. The van der Waals surface area contributed by atoms with Crippen LogP contribution >= 0.6 is 31.9 Å². The number of ether oxygens (including phenoxy) is 1. The molecule has 23 heavy (non-hydrogen) atoms. The Morgan fingerprint density at radius 2 is 2.04 bits per heavy atom. The zero-order valence-electron chi connectivity index (χ0n) is 13.3. The topological polar surface area (TPSA) is 29.5 Å². The number of Topliss-reactive ketones (excluding diaryl/α,β-unsaturated/α-hetero) is 1. The van der Waals surface area contributed by atoms with Crippen molar-refractivity contribution in [2.75, 3.05) is 19.7 Å². The number of likely N-dealkylation sites (tertiary alicyclic amines) is 1. The molecule has 2 fully saturated rings. The van der Waals surface area contributed by atoms with Crippen molar-refractivity contribution in [1.29, 1.82) is 0 Å². The fourth-order valence-corrected chi connectivity index (χ4v) is 4.92. The van der Waals surface area contributed by atoms with Crippen molar-refractivity contribution in [1.82, 2.24) is 4.90 Å². The lowest BCUT2D eigenvalue weighted by molar-refractivity contribution is -0.117. The normalized spacial score (nSPS) is 25.9. The van der Waals surface area contributed by atoms with Crippen molar-refractivity contribution in [3.05, 3.63) is 32.7 Å². The van der Waals surface area contributed by atoms with Gasteiger partial charge in [-0.15, -0.1) is 0 Å². The molecule has 1 aromatic rings. The summed E-state index contributed by atoms with van der Waals surface area (Å²) in [5.74, 6) is 0.383. The van der Waals surface area contributed by atoms with Gasteiger partial charge < -0.3 is 4.74 Å². The first kappa shape index (κ1) is 17.6. The monoisotopic (exact) mass is 443 g/mol. The van der Waals surface area contributed by atoms with E-state index >= 15 is 0 Å². The first-order chi connectivity index (χ1) is 11.1. The minimum atomic E-state index is 0.281. The molecule has 1 aromatic carbocycles. The zero-order valence-corrected chi connectivity index (χ0v) is 16.4. The molecule has 0 spiro atoms. The molecule has 1 heterocycles. The Balaban J connectivity index is 1.54. The van der Waals surface area contributed by atoms with Gasteiger partial charge in [0.05, 0.1) is 19.3 Å². The lowest BCUT2D eigenvalue weighted by atomic mass is 9.91. The highest BCUT2D eigenvalue weighted by Crippen LogP contribution is 2.28. The highest BCUT2D eigenvalue weighted by atomic mass is 79.9. The van der Waals surface area contributed by atoms with Gasteiger partial charge in [0, 0.05) is 28.0 Å². The van der Waals surface area contributed by atoms with E-state index in [1.54, 1.807) is 0 Å². The molecule has 0 amide bonds. The zero-order chi connectivity index (χ0) is 16.2. The molecule has 126 valence electrons. The number of carbonyl (C=O) groups is 1. The highest BCUT2D eigenvalue weighted by Gasteiger charge is 2.34. The Morgan fingerprint density at radius 1 is 1.22 bits per heavy atom. The summed E-state index contributed by atoms with van der Waals surface area (Å²) in [5.41, 5.74) is 1.27.